The normalized spacial score (nSPS) is 12.4. The second-order valence-electron chi connectivity index (χ2n) is 8.79. The van der Waals surface area contributed by atoms with Gasteiger partial charge < -0.3 is 19.5 Å². The Morgan fingerprint density at radius 2 is 1.71 bits per heavy atom. The molecule has 1 aromatic heterocycles. The van der Waals surface area contributed by atoms with Crippen LogP contribution in [0.5, 0.6) is 17.2 Å². The Balaban J connectivity index is 1.99. The van der Waals surface area contributed by atoms with E-state index in [9.17, 15) is 28.0 Å². The lowest BCUT2D eigenvalue weighted by molar-refractivity contribution is -0.137. The van der Waals surface area contributed by atoms with Gasteiger partial charge in [0.15, 0.2) is 17.1 Å². The number of ether oxygens (including phenoxy) is 3. The average Bonchev–Trinajstić information content (AvgIpc) is 3.27. The van der Waals surface area contributed by atoms with Gasteiger partial charge in [-0.3, -0.25) is 14.2 Å². The number of amides is 1. The summed E-state index contributed by atoms with van der Waals surface area (Å²) in [5.41, 5.74) is -0.545. The number of benzene rings is 3. The highest BCUT2D eigenvalue weighted by Gasteiger charge is 2.30. The van der Waals surface area contributed by atoms with Gasteiger partial charge >= 0.3 is 6.18 Å². The number of alkyl halides is 3. The topological polar surface area (TPSA) is 103 Å². The molecule has 0 aliphatic heterocycles. The molecule has 0 saturated carbocycles. The molecule has 0 aliphatic rings. The van der Waals surface area contributed by atoms with E-state index in [1.54, 1.807) is 43.3 Å². The molecule has 0 spiro atoms. The summed E-state index contributed by atoms with van der Waals surface area (Å²) in [6.07, 6.45) is -3.09. The predicted molar refractivity (Wildman–Crippen MR) is 153 cm³/mol. The zero-order valence-electron chi connectivity index (χ0n) is 22.8. The Morgan fingerprint density at radius 3 is 2.33 bits per heavy atom. The van der Waals surface area contributed by atoms with Crippen molar-refractivity contribution in [1.29, 1.82) is 5.26 Å². The number of hydrogen-bond donors (Lipinski definition) is 1. The molecule has 0 atom stereocenters. The van der Waals surface area contributed by atoms with E-state index in [-0.39, 0.29) is 14.9 Å². The molecule has 1 amide bonds. The molecule has 3 aromatic carbocycles. The number of carbonyl (C=O) groups excluding carboxylic acids is 1. The van der Waals surface area contributed by atoms with Crippen LogP contribution in [0, 0.1) is 18.3 Å². The molecule has 0 radical (unpaired) electrons. The van der Waals surface area contributed by atoms with E-state index in [1.165, 1.54) is 38.0 Å². The quantitative estimate of drug-likeness (QED) is 0.340. The van der Waals surface area contributed by atoms with Crippen LogP contribution in [-0.2, 0) is 11.0 Å². The van der Waals surface area contributed by atoms with Gasteiger partial charge in [0.1, 0.15) is 10.7 Å². The first kappa shape index (κ1) is 30.0. The van der Waals surface area contributed by atoms with Crippen LogP contribution in [-0.4, -0.2) is 31.8 Å². The number of thiazole rings is 1. The van der Waals surface area contributed by atoms with E-state index in [0.717, 1.165) is 29.5 Å². The van der Waals surface area contributed by atoms with Crippen LogP contribution in [0.4, 0.5) is 18.9 Å². The summed E-state index contributed by atoms with van der Waals surface area (Å²) in [6, 6.07) is 16.1. The molecule has 8 nitrogen and oxygen atoms in total. The minimum Gasteiger partial charge on any atom is -0.493 e. The lowest BCUT2D eigenvalue weighted by atomic mass is 10.1. The molecule has 0 bridgehead atoms. The van der Waals surface area contributed by atoms with Crippen LogP contribution >= 0.6 is 11.3 Å². The van der Waals surface area contributed by atoms with E-state index in [2.05, 4.69) is 5.32 Å². The molecule has 4 rings (SSSR count). The zero-order valence-corrected chi connectivity index (χ0v) is 23.6. The number of carbonyl (C=O) groups is 1. The van der Waals surface area contributed by atoms with Crippen LogP contribution in [0.1, 0.15) is 16.7 Å². The number of aromatic nitrogens is 1. The van der Waals surface area contributed by atoms with Gasteiger partial charge in [0.2, 0.25) is 5.75 Å². The zero-order chi connectivity index (χ0) is 30.6. The van der Waals surface area contributed by atoms with Crippen molar-refractivity contribution >= 4 is 34.6 Å². The van der Waals surface area contributed by atoms with Crippen molar-refractivity contribution in [3.63, 3.8) is 0 Å². The smallest absolute Gasteiger partial charge is 0.416 e. The van der Waals surface area contributed by atoms with E-state index < -0.39 is 28.8 Å². The number of nitriles is 1. The molecule has 0 aliphatic carbocycles. The van der Waals surface area contributed by atoms with Gasteiger partial charge in [0.25, 0.3) is 11.5 Å². The molecule has 1 N–H and O–H groups in total. The largest absolute Gasteiger partial charge is 0.493 e. The molecular formula is C30H24F3N3O5S. The lowest BCUT2D eigenvalue weighted by Crippen LogP contribution is -2.32. The standard InChI is InChI=1S/C30H24F3N3O5S/c1-17-8-5-6-11-22(17)36-28(38)24(14-18-12-13-23(39-2)26(41-4)25(18)40-3)42-29(36)21(16-34)27(37)35-20-10-7-9-19(15-20)30(31,32)33/h5-15H,1-4H3,(H,35,37). The highest BCUT2D eigenvalue weighted by atomic mass is 32.1. The van der Waals surface area contributed by atoms with Crippen molar-refractivity contribution in [2.24, 2.45) is 0 Å². The third-order valence-corrected chi connectivity index (χ3v) is 7.29. The SMILES string of the molecule is COc1ccc(C=c2sc(=C(C#N)C(=O)Nc3cccc(C(F)(F)F)c3)n(-c3ccccc3C)c2=O)c(OC)c1OC. The van der Waals surface area contributed by atoms with Crippen LogP contribution in [0.2, 0.25) is 0 Å². The van der Waals surface area contributed by atoms with Gasteiger partial charge in [-0.05, 0) is 55.0 Å². The molecule has 42 heavy (non-hydrogen) atoms. The number of halogens is 3. The van der Waals surface area contributed by atoms with Gasteiger partial charge in [-0.1, -0.05) is 24.3 Å². The average molecular weight is 596 g/mol. The number of methoxy groups -OCH3 is 3. The Bertz CT molecular complexity index is 1890. The summed E-state index contributed by atoms with van der Waals surface area (Å²) >= 11 is 0.873. The fourth-order valence-corrected chi connectivity index (χ4v) is 5.31. The summed E-state index contributed by atoms with van der Waals surface area (Å²) in [7, 11) is 4.34. The number of para-hydroxylation sites is 1. The van der Waals surface area contributed by atoms with Crippen molar-refractivity contribution in [1.82, 2.24) is 4.57 Å². The van der Waals surface area contributed by atoms with Gasteiger partial charge in [0, 0.05) is 11.3 Å². The number of aryl methyl sites for hydroxylation is 1. The number of nitrogens with one attached hydrogen (secondary N) is 1. The molecule has 1 heterocycles. The molecular weight excluding hydrogens is 571 g/mol. The van der Waals surface area contributed by atoms with E-state index in [1.807, 2.05) is 6.07 Å². The summed E-state index contributed by atoms with van der Waals surface area (Å²) in [6.45, 7) is 1.76. The Labute approximate surface area is 242 Å². The van der Waals surface area contributed by atoms with E-state index >= 15 is 0 Å². The first-order valence-electron chi connectivity index (χ1n) is 12.3. The second kappa shape index (κ2) is 12.2. The Hall–Kier alpha value is -5.02. The summed E-state index contributed by atoms with van der Waals surface area (Å²) < 4.78 is 57.3. The Morgan fingerprint density at radius 1 is 1.00 bits per heavy atom. The highest BCUT2D eigenvalue weighted by molar-refractivity contribution is 7.07. The lowest BCUT2D eigenvalue weighted by Gasteiger charge is -2.13. The number of hydrogen-bond acceptors (Lipinski definition) is 7. The first-order valence-corrected chi connectivity index (χ1v) is 13.1. The second-order valence-corrected chi connectivity index (χ2v) is 9.82. The van der Waals surface area contributed by atoms with Crippen LogP contribution in [0.25, 0.3) is 17.3 Å². The highest BCUT2D eigenvalue weighted by Crippen LogP contribution is 2.40. The van der Waals surface area contributed by atoms with Crippen molar-refractivity contribution in [2.75, 3.05) is 26.6 Å². The third kappa shape index (κ3) is 5.87. The summed E-state index contributed by atoms with van der Waals surface area (Å²) in [5.74, 6) is 0.0210. The molecule has 216 valence electrons. The molecule has 0 saturated heterocycles. The molecule has 0 unspecified atom stereocenters. The fraction of sp³-hybridized carbons (Fsp3) is 0.167. The number of rotatable bonds is 7. The fourth-order valence-electron chi connectivity index (χ4n) is 4.22. The van der Waals surface area contributed by atoms with Gasteiger partial charge in [-0.25, -0.2) is 0 Å². The number of anilines is 1. The van der Waals surface area contributed by atoms with Crippen LogP contribution in [0.3, 0.4) is 0 Å². The maximum absolute atomic E-state index is 13.8. The Kier molecular flexibility index (Phi) is 8.73. The molecule has 0 fully saturated rings. The van der Waals surface area contributed by atoms with Crippen molar-refractivity contribution in [3.05, 3.63) is 96.9 Å². The van der Waals surface area contributed by atoms with Crippen LogP contribution in [0.15, 0.2) is 65.5 Å². The predicted octanol–water partition coefficient (Wildman–Crippen LogP) is 4.39. The number of nitrogens with zero attached hydrogens (tertiary/aromatic N) is 2. The summed E-state index contributed by atoms with van der Waals surface area (Å²) in [4.78, 5) is 27.1. The van der Waals surface area contributed by atoms with Crippen molar-refractivity contribution in [3.8, 4) is 29.0 Å². The monoisotopic (exact) mass is 595 g/mol. The minimum absolute atomic E-state index is 0.00744. The van der Waals surface area contributed by atoms with Gasteiger partial charge in [0.05, 0.1) is 37.1 Å². The molecule has 4 aromatic rings. The van der Waals surface area contributed by atoms with Gasteiger partial charge in [-0.2, -0.15) is 18.4 Å². The third-order valence-electron chi connectivity index (χ3n) is 6.20. The van der Waals surface area contributed by atoms with Crippen LogP contribution < -0.4 is 34.3 Å². The van der Waals surface area contributed by atoms with E-state index in [4.69, 9.17) is 14.2 Å². The van der Waals surface area contributed by atoms with Gasteiger partial charge in [-0.15, -0.1) is 11.3 Å². The first-order chi connectivity index (χ1) is 20.0. The van der Waals surface area contributed by atoms with Crippen molar-refractivity contribution < 1.29 is 32.2 Å². The maximum atomic E-state index is 13.8. The maximum Gasteiger partial charge on any atom is 0.416 e. The molecule has 12 heteroatoms. The van der Waals surface area contributed by atoms with E-state index in [0.29, 0.717) is 34.1 Å². The minimum atomic E-state index is -4.63. The van der Waals surface area contributed by atoms with Crippen molar-refractivity contribution in [2.45, 2.75) is 13.1 Å². The summed E-state index contributed by atoms with van der Waals surface area (Å²) in [5, 5.41) is 12.4.